The molecule has 1 atom stereocenters. The number of methoxy groups -OCH3 is 1. The van der Waals surface area contributed by atoms with Gasteiger partial charge in [-0.3, -0.25) is 4.79 Å². The van der Waals surface area contributed by atoms with Gasteiger partial charge in [0.15, 0.2) is 0 Å². The van der Waals surface area contributed by atoms with E-state index in [0.29, 0.717) is 5.90 Å². The van der Waals surface area contributed by atoms with Crippen LogP contribution in [0.3, 0.4) is 0 Å². The number of allylic oxidation sites excluding steroid dienone is 2. The molecule has 0 radical (unpaired) electrons. The van der Waals surface area contributed by atoms with Gasteiger partial charge in [-0.1, -0.05) is 30.4 Å². The van der Waals surface area contributed by atoms with Crippen LogP contribution in [0.1, 0.15) is 0 Å². The van der Waals surface area contributed by atoms with Crippen LogP contribution in [0.25, 0.3) is 0 Å². The van der Waals surface area contributed by atoms with Crippen molar-refractivity contribution < 1.29 is 9.53 Å². The van der Waals surface area contributed by atoms with Crippen LogP contribution in [-0.4, -0.2) is 18.9 Å². The third kappa shape index (κ3) is 2.85. The molecular formula is C14H14N2O2. The number of rotatable bonds is 2. The van der Waals surface area contributed by atoms with Gasteiger partial charge in [-0.05, 0) is 18.2 Å². The Morgan fingerprint density at radius 2 is 2.06 bits per heavy atom. The number of nitrogens with zero attached hydrogens (tertiary/aromatic N) is 1. The zero-order valence-electron chi connectivity index (χ0n) is 10.0. The summed E-state index contributed by atoms with van der Waals surface area (Å²) in [6.07, 6.45) is 6.90. The molecule has 1 aromatic rings. The van der Waals surface area contributed by atoms with Crippen LogP contribution < -0.4 is 5.32 Å². The first-order valence-electron chi connectivity index (χ1n) is 5.62. The third-order valence-corrected chi connectivity index (χ3v) is 2.50. The number of para-hydroxylation sites is 1. The van der Waals surface area contributed by atoms with Crippen LogP contribution in [0.2, 0.25) is 0 Å². The second-order valence-electron chi connectivity index (χ2n) is 3.73. The second-order valence-corrected chi connectivity index (χ2v) is 3.73. The molecule has 0 saturated heterocycles. The van der Waals surface area contributed by atoms with E-state index in [-0.39, 0.29) is 5.91 Å². The summed E-state index contributed by atoms with van der Waals surface area (Å²) in [5.41, 5.74) is 0.753. The summed E-state index contributed by atoms with van der Waals surface area (Å²) in [6, 6.07) is 9.30. The van der Waals surface area contributed by atoms with Gasteiger partial charge >= 0.3 is 0 Å². The lowest BCUT2D eigenvalue weighted by atomic mass is 10.1. The normalized spacial score (nSPS) is 17.8. The standard InChI is InChI=1S/C14H14N2O2/c1-18-14-12(9-5-6-10-15-14)13(17)16-11-7-3-2-4-8-11/h2-10,12H,1H3,(H,16,17). The molecule has 0 bridgehead atoms. The van der Waals surface area contributed by atoms with E-state index >= 15 is 0 Å². The first-order chi connectivity index (χ1) is 8.81. The largest absolute Gasteiger partial charge is 0.483 e. The Kier molecular flexibility index (Phi) is 3.91. The predicted molar refractivity (Wildman–Crippen MR) is 71.3 cm³/mol. The number of hydrogen-bond donors (Lipinski definition) is 1. The van der Waals surface area contributed by atoms with E-state index in [1.807, 2.05) is 30.3 Å². The van der Waals surface area contributed by atoms with Crippen molar-refractivity contribution in [2.24, 2.45) is 10.9 Å². The number of amides is 1. The van der Waals surface area contributed by atoms with Crippen molar-refractivity contribution in [2.45, 2.75) is 0 Å². The minimum Gasteiger partial charge on any atom is -0.483 e. The van der Waals surface area contributed by atoms with Gasteiger partial charge in [0.25, 0.3) is 0 Å². The Morgan fingerprint density at radius 3 is 2.78 bits per heavy atom. The van der Waals surface area contributed by atoms with Gasteiger partial charge in [0, 0.05) is 11.9 Å². The predicted octanol–water partition coefficient (Wildman–Crippen LogP) is 2.37. The number of anilines is 1. The number of carbonyl (C=O) groups excluding carboxylic acids is 1. The van der Waals surface area contributed by atoms with Gasteiger partial charge in [0.2, 0.25) is 11.8 Å². The maximum Gasteiger partial charge on any atom is 0.240 e. The molecule has 1 aliphatic heterocycles. The summed E-state index contributed by atoms with van der Waals surface area (Å²) in [5, 5.41) is 2.82. The summed E-state index contributed by atoms with van der Waals surface area (Å²) < 4.78 is 5.13. The van der Waals surface area contributed by atoms with E-state index in [4.69, 9.17) is 4.74 Å². The van der Waals surface area contributed by atoms with Crippen LogP contribution in [0.15, 0.2) is 59.8 Å². The number of nitrogens with one attached hydrogen (secondary N) is 1. The number of ether oxygens (including phenoxy) is 1. The van der Waals surface area contributed by atoms with Gasteiger partial charge in [-0.15, -0.1) is 0 Å². The van der Waals surface area contributed by atoms with Crippen molar-refractivity contribution in [3.63, 3.8) is 0 Å². The lowest BCUT2D eigenvalue weighted by Crippen LogP contribution is -2.29. The average molecular weight is 242 g/mol. The molecule has 1 aromatic carbocycles. The summed E-state index contributed by atoms with van der Waals surface area (Å²) in [5.74, 6) is -0.291. The molecule has 4 heteroatoms. The van der Waals surface area contributed by atoms with Crippen LogP contribution in [0.4, 0.5) is 5.69 Å². The molecule has 0 saturated carbocycles. The van der Waals surface area contributed by atoms with Crippen molar-refractivity contribution in [2.75, 3.05) is 12.4 Å². The first kappa shape index (κ1) is 12.1. The molecule has 18 heavy (non-hydrogen) atoms. The SMILES string of the molecule is COC1=NC=CC=CC1C(=O)Nc1ccccc1. The Labute approximate surface area is 106 Å². The maximum absolute atomic E-state index is 12.1. The van der Waals surface area contributed by atoms with E-state index < -0.39 is 5.92 Å². The molecule has 1 N–H and O–H groups in total. The zero-order chi connectivity index (χ0) is 12.8. The van der Waals surface area contributed by atoms with Crippen LogP contribution in [0.5, 0.6) is 0 Å². The topological polar surface area (TPSA) is 50.7 Å². The second kappa shape index (κ2) is 5.82. The van der Waals surface area contributed by atoms with E-state index in [9.17, 15) is 4.79 Å². The first-order valence-corrected chi connectivity index (χ1v) is 5.62. The fourth-order valence-corrected chi connectivity index (χ4v) is 1.62. The molecule has 2 rings (SSSR count). The molecular weight excluding hydrogens is 228 g/mol. The Bertz CT molecular complexity index is 504. The summed E-state index contributed by atoms with van der Waals surface area (Å²) in [4.78, 5) is 16.2. The van der Waals surface area contributed by atoms with Gasteiger partial charge in [-0.25, -0.2) is 4.99 Å². The fraction of sp³-hybridized carbons (Fsp3) is 0.143. The molecule has 0 spiro atoms. The van der Waals surface area contributed by atoms with Crippen molar-refractivity contribution in [1.29, 1.82) is 0 Å². The highest BCUT2D eigenvalue weighted by atomic mass is 16.5. The third-order valence-electron chi connectivity index (χ3n) is 2.50. The van der Waals surface area contributed by atoms with Crippen molar-refractivity contribution in [3.8, 4) is 0 Å². The lowest BCUT2D eigenvalue weighted by molar-refractivity contribution is -0.117. The minimum absolute atomic E-state index is 0.165. The molecule has 92 valence electrons. The number of aliphatic imine (C=N–C) groups is 1. The van der Waals surface area contributed by atoms with Crippen molar-refractivity contribution in [3.05, 3.63) is 54.8 Å². The summed E-state index contributed by atoms with van der Waals surface area (Å²) >= 11 is 0. The van der Waals surface area contributed by atoms with Gasteiger partial charge in [0.05, 0.1) is 7.11 Å². The van der Waals surface area contributed by atoms with E-state index in [1.54, 1.807) is 24.4 Å². The monoisotopic (exact) mass is 242 g/mol. The molecule has 1 unspecified atom stereocenters. The lowest BCUT2D eigenvalue weighted by Gasteiger charge is -2.13. The van der Waals surface area contributed by atoms with Crippen LogP contribution in [-0.2, 0) is 9.53 Å². The van der Waals surface area contributed by atoms with E-state index in [1.165, 1.54) is 7.11 Å². The van der Waals surface area contributed by atoms with Gasteiger partial charge in [0.1, 0.15) is 5.92 Å². The summed E-state index contributed by atoms with van der Waals surface area (Å²) in [7, 11) is 1.51. The zero-order valence-corrected chi connectivity index (χ0v) is 10.0. The van der Waals surface area contributed by atoms with Crippen molar-refractivity contribution >= 4 is 17.5 Å². The van der Waals surface area contributed by atoms with Crippen LogP contribution in [0, 0.1) is 5.92 Å². The highest BCUT2D eigenvalue weighted by Crippen LogP contribution is 2.12. The Hall–Kier alpha value is -2.36. The highest BCUT2D eigenvalue weighted by Gasteiger charge is 2.23. The molecule has 0 aliphatic carbocycles. The quantitative estimate of drug-likeness (QED) is 0.865. The molecule has 4 nitrogen and oxygen atoms in total. The van der Waals surface area contributed by atoms with Gasteiger partial charge in [-0.2, -0.15) is 0 Å². The average Bonchev–Trinajstić information content (AvgIpc) is 2.64. The van der Waals surface area contributed by atoms with Gasteiger partial charge < -0.3 is 10.1 Å². The number of benzene rings is 1. The smallest absolute Gasteiger partial charge is 0.240 e. The van der Waals surface area contributed by atoms with Crippen molar-refractivity contribution in [1.82, 2.24) is 0 Å². The van der Waals surface area contributed by atoms with E-state index in [2.05, 4.69) is 10.3 Å². The minimum atomic E-state index is -0.509. The number of hydrogen-bond acceptors (Lipinski definition) is 3. The maximum atomic E-state index is 12.1. The van der Waals surface area contributed by atoms with E-state index in [0.717, 1.165) is 5.69 Å². The van der Waals surface area contributed by atoms with Crippen LogP contribution >= 0.6 is 0 Å². The highest BCUT2D eigenvalue weighted by molar-refractivity contribution is 6.08. The fourth-order valence-electron chi connectivity index (χ4n) is 1.62. The molecule has 1 heterocycles. The molecule has 0 aromatic heterocycles. The number of carbonyl (C=O) groups is 1. The molecule has 0 fully saturated rings. The Morgan fingerprint density at radius 1 is 1.28 bits per heavy atom. The molecule has 1 amide bonds. The Balaban J connectivity index is 2.13. The summed E-state index contributed by atoms with van der Waals surface area (Å²) in [6.45, 7) is 0. The molecule has 1 aliphatic rings.